The number of fused-ring (bicyclic) bond motifs is 3. The minimum atomic E-state index is -0.594. The first-order valence-electron chi connectivity index (χ1n) is 10.7. The van der Waals surface area contributed by atoms with Crippen LogP contribution >= 0.6 is 11.6 Å². The van der Waals surface area contributed by atoms with Crippen molar-refractivity contribution in [2.24, 2.45) is 5.73 Å². The van der Waals surface area contributed by atoms with Gasteiger partial charge in [0.2, 0.25) is 11.8 Å². The third kappa shape index (κ3) is 3.05. The Hall–Kier alpha value is -4.22. The molecular weight excluding hydrogens is 454 g/mol. The number of hydrogen-bond donors (Lipinski definition) is 1. The van der Waals surface area contributed by atoms with Crippen molar-refractivity contribution in [3.05, 3.63) is 82.0 Å². The second kappa shape index (κ2) is 7.68. The third-order valence-corrected chi connectivity index (χ3v) is 6.31. The monoisotopic (exact) mass is 471 g/mol. The largest absolute Gasteiger partial charge is 0.486 e. The van der Waals surface area contributed by atoms with Crippen molar-refractivity contribution in [3.63, 3.8) is 0 Å². The normalized spacial score (nSPS) is 16.7. The Morgan fingerprint density at radius 1 is 1.12 bits per heavy atom. The second-order valence-electron chi connectivity index (χ2n) is 8.03. The van der Waals surface area contributed by atoms with E-state index >= 15 is 0 Å². The number of aromatic nitrogens is 3. The van der Waals surface area contributed by atoms with Crippen molar-refractivity contribution in [1.29, 1.82) is 5.26 Å². The highest BCUT2D eigenvalue weighted by Crippen LogP contribution is 2.47. The number of hydrogen-bond acceptors (Lipinski definition) is 7. The van der Waals surface area contributed by atoms with Gasteiger partial charge in [-0.25, -0.2) is 9.67 Å². The Morgan fingerprint density at radius 3 is 2.59 bits per heavy atom. The molecule has 4 aromatic rings. The van der Waals surface area contributed by atoms with Crippen LogP contribution < -0.4 is 19.9 Å². The van der Waals surface area contributed by atoms with Crippen LogP contribution in [0.5, 0.6) is 17.4 Å². The lowest BCUT2D eigenvalue weighted by molar-refractivity contribution is 0.172. The van der Waals surface area contributed by atoms with Gasteiger partial charge in [-0.2, -0.15) is 10.4 Å². The number of benzene rings is 2. The molecule has 34 heavy (non-hydrogen) atoms. The van der Waals surface area contributed by atoms with E-state index in [0.717, 1.165) is 16.6 Å². The Balaban J connectivity index is 1.58. The number of aryl methyl sites for hydroxylation is 1. The van der Waals surface area contributed by atoms with Gasteiger partial charge in [0, 0.05) is 17.0 Å². The van der Waals surface area contributed by atoms with E-state index in [-0.39, 0.29) is 16.6 Å². The molecule has 1 atom stereocenters. The highest BCUT2D eigenvalue weighted by molar-refractivity contribution is 6.30. The zero-order valence-corrected chi connectivity index (χ0v) is 18.8. The van der Waals surface area contributed by atoms with Crippen LogP contribution in [0.3, 0.4) is 0 Å². The summed E-state index contributed by atoms with van der Waals surface area (Å²) in [5.41, 5.74) is 10.0. The van der Waals surface area contributed by atoms with Crippen LogP contribution in [0.15, 0.2) is 60.0 Å². The van der Waals surface area contributed by atoms with Gasteiger partial charge in [-0.15, -0.1) is 0 Å². The number of rotatable bonds is 2. The highest BCUT2D eigenvalue weighted by Gasteiger charge is 2.37. The van der Waals surface area contributed by atoms with Crippen LogP contribution in [0.4, 0.5) is 0 Å². The molecule has 0 radical (unpaired) electrons. The zero-order chi connectivity index (χ0) is 23.4. The maximum atomic E-state index is 10.0. The molecule has 0 saturated heterocycles. The molecule has 0 bridgehead atoms. The molecule has 6 rings (SSSR count). The van der Waals surface area contributed by atoms with Gasteiger partial charge in [0.05, 0.1) is 28.4 Å². The van der Waals surface area contributed by atoms with Crippen molar-refractivity contribution < 1.29 is 14.2 Å². The molecule has 9 heteroatoms. The lowest BCUT2D eigenvalue weighted by Crippen LogP contribution is -2.22. The average molecular weight is 472 g/mol. The fourth-order valence-corrected chi connectivity index (χ4v) is 4.73. The molecular formula is C25H18ClN5O3. The van der Waals surface area contributed by atoms with Crippen molar-refractivity contribution in [3.8, 4) is 29.1 Å². The topological polar surface area (TPSA) is 108 Å². The van der Waals surface area contributed by atoms with Gasteiger partial charge < -0.3 is 19.9 Å². The van der Waals surface area contributed by atoms with Gasteiger partial charge >= 0.3 is 0 Å². The minimum Gasteiger partial charge on any atom is -0.486 e. The molecule has 0 saturated carbocycles. The van der Waals surface area contributed by atoms with E-state index in [4.69, 9.17) is 36.6 Å². The number of ether oxygens (including phenoxy) is 3. The first kappa shape index (κ1) is 20.4. The third-order valence-electron chi connectivity index (χ3n) is 6.00. The zero-order valence-electron chi connectivity index (χ0n) is 18.1. The van der Waals surface area contributed by atoms with Gasteiger partial charge in [-0.1, -0.05) is 29.8 Å². The molecule has 0 spiro atoms. The molecule has 2 N–H and O–H groups in total. The van der Waals surface area contributed by atoms with Crippen molar-refractivity contribution in [1.82, 2.24) is 14.8 Å². The summed E-state index contributed by atoms with van der Waals surface area (Å²) in [5.74, 6) is 1.14. The molecule has 0 fully saturated rings. The fraction of sp³-hybridized carbons (Fsp3) is 0.160. The molecule has 8 nitrogen and oxygen atoms in total. The number of para-hydroxylation sites is 1. The van der Waals surface area contributed by atoms with E-state index in [9.17, 15) is 5.26 Å². The summed E-state index contributed by atoms with van der Waals surface area (Å²) in [6.07, 6.45) is 0. The van der Waals surface area contributed by atoms with E-state index in [1.807, 2.05) is 55.5 Å². The quantitative estimate of drug-likeness (QED) is 0.432. The first-order chi connectivity index (χ1) is 16.5. The van der Waals surface area contributed by atoms with E-state index in [1.54, 1.807) is 4.68 Å². The van der Waals surface area contributed by atoms with E-state index < -0.39 is 5.92 Å². The maximum Gasteiger partial charge on any atom is 0.229 e. The number of nitrogens with two attached hydrogens (primary N) is 1. The van der Waals surface area contributed by atoms with Crippen LogP contribution in [0.2, 0.25) is 5.15 Å². The van der Waals surface area contributed by atoms with Crippen molar-refractivity contribution >= 4 is 22.5 Å². The van der Waals surface area contributed by atoms with Crippen LogP contribution in [0.25, 0.3) is 16.6 Å². The SMILES string of the molecule is Cc1nn(-c2ccccc2)c2c1C(c1cc3cc4c(cc3nc1Cl)OCCO4)C(C#N)=C(N)O2. The highest BCUT2D eigenvalue weighted by atomic mass is 35.5. The van der Waals surface area contributed by atoms with E-state index in [2.05, 4.69) is 11.1 Å². The van der Waals surface area contributed by atoms with Gasteiger partial charge in [-0.05, 0) is 31.2 Å². The lowest BCUT2D eigenvalue weighted by atomic mass is 9.84. The molecule has 4 heterocycles. The van der Waals surface area contributed by atoms with E-state index in [0.29, 0.717) is 47.4 Å². The van der Waals surface area contributed by atoms with Crippen molar-refractivity contribution in [2.45, 2.75) is 12.8 Å². The molecule has 2 aliphatic rings. The summed E-state index contributed by atoms with van der Waals surface area (Å²) >= 11 is 6.71. The molecule has 2 aromatic carbocycles. The Kier molecular flexibility index (Phi) is 4.61. The summed E-state index contributed by atoms with van der Waals surface area (Å²) in [5, 5.41) is 15.8. The molecule has 0 aliphatic carbocycles. The summed E-state index contributed by atoms with van der Waals surface area (Å²) in [7, 11) is 0. The van der Waals surface area contributed by atoms with Gasteiger partial charge in [0.15, 0.2) is 11.5 Å². The van der Waals surface area contributed by atoms with Gasteiger partial charge in [0.25, 0.3) is 0 Å². The fourth-order valence-electron chi connectivity index (χ4n) is 4.48. The van der Waals surface area contributed by atoms with Gasteiger partial charge in [0.1, 0.15) is 30.0 Å². The van der Waals surface area contributed by atoms with Crippen LogP contribution in [-0.2, 0) is 0 Å². The number of nitrogens with zero attached hydrogens (tertiary/aromatic N) is 4. The summed E-state index contributed by atoms with van der Waals surface area (Å²) < 4.78 is 19.0. The van der Waals surface area contributed by atoms with Crippen LogP contribution in [0, 0.1) is 18.3 Å². The second-order valence-corrected chi connectivity index (χ2v) is 8.39. The Bertz CT molecular complexity index is 1540. The molecule has 168 valence electrons. The standard InChI is InChI=1S/C25H18ClN5O3/c1-13-21-22(16-9-14-10-19-20(33-8-7-32-19)11-18(14)29-23(16)26)17(12-27)24(28)34-25(21)31(30-13)15-5-3-2-4-6-15/h2-6,9-11,22H,7-8,28H2,1H3. The summed E-state index contributed by atoms with van der Waals surface area (Å²) in [6, 6.07) is 17.4. The lowest BCUT2D eigenvalue weighted by Gasteiger charge is -2.25. The maximum absolute atomic E-state index is 10.0. The summed E-state index contributed by atoms with van der Waals surface area (Å²) in [6.45, 7) is 2.83. The molecule has 2 aliphatic heterocycles. The Morgan fingerprint density at radius 2 is 1.85 bits per heavy atom. The first-order valence-corrected chi connectivity index (χ1v) is 11.0. The number of pyridine rings is 1. The molecule has 0 amide bonds. The van der Waals surface area contributed by atoms with Crippen LogP contribution in [0.1, 0.15) is 22.7 Å². The number of halogens is 1. The molecule has 2 aromatic heterocycles. The number of allylic oxidation sites excluding steroid dienone is 1. The summed E-state index contributed by atoms with van der Waals surface area (Å²) in [4.78, 5) is 4.61. The van der Waals surface area contributed by atoms with Crippen molar-refractivity contribution in [2.75, 3.05) is 13.2 Å². The van der Waals surface area contributed by atoms with E-state index in [1.165, 1.54) is 0 Å². The minimum absolute atomic E-state index is 0.00965. The Labute approximate surface area is 199 Å². The van der Waals surface area contributed by atoms with Crippen LogP contribution in [-0.4, -0.2) is 28.0 Å². The predicted molar refractivity (Wildman–Crippen MR) is 125 cm³/mol. The smallest absolute Gasteiger partial charge is 0.229 e. The predicted octanol–water partition coefficient (Wildman–Crippen LogP) is 4.37. The van der Waals surface area contributed by atoms with Gasteiger partial charge in [-0.3, -0.25) is 0 Å². The average Bonchev–Trinajstić information content (AvgIpc) is 3.18. The number of nitriles is 1. The molecule has 1 unspecified atom stereocenters.